The van der Waals surface area contributed by atoms with E-state index in [0.717, 1.165) is 11.1 Å². The van der Waals surface area contributed by atoms with E-state index in [1.54, 1.807) is 12.1 Å². The molecule has 3 aromatic rings. The summed E-state index contributed by atoms with van der Waals surface area (Å²) in [4.78, 5) is 4.27. The molecule has 0 atom stereocenters. The fraction of sp³-hybridized carbons (Fsp3) is 0. The number of aromatic nitrogens is 1. The molecule has 86 valence electrons. The van der Waals surface area contributed by atoms with Crippen LogP contribution in [0.5, 0.6) is 0 Å². The minimum atomic E-state index is 0.399. The van der Waals surface area contributed by atoms with Crippen LogP contribution >= 0.6 is 11.6 Å². The summed E-state index contributed by atoms with van der Waals surface area (Å²) in [6, 6.07) is 15.0. The second kappa shape index (κ2) is 4.56. The van der Waals surface area contributed by atoms with E-state index in [4.69, 9.17) is 16.0 Å². The average Bonchev–Trinajstić information content (AvgIpc) is 2.79. The molecule has 0 fully saturated rings. The monoisotopic (exact) mass is 253 g/mol. The van der Waals surface area contributed by atoms with Gasteiger partial charge < -0.3 is 4.42 Å². The zero-order valence-electron chi connectivity index (χ0n) is 9.35. The Balaban J connectivity index is 1.99. The smallest absolute Gasteiger partial charge is 0.274 e. The Bertz CT molecular complexity index is 750. The Labute approximate surface area is 109 Å². The predicted molar refractivity (Wildman–Crippen MR) is 71.4 cm³/mol. The zero-order chi connectivity index (χ0) is 12.4. The molecule has 0 aliphatic heterocycles. The number of halogens is 1. The van der Waals surface area contributed by atoms with E-state index in [2.05, 4.69) is 16.8 Å². The summed E-state index contributed by atoms with van der Waals surface area (Å²) < 4.78 is 5.50. The summed E-state index contributed by atoms with van der Waals surface area (Å²) in [6.45, 7) is 0. The fourth-order valence-corrected chi connectivity index (χ4v) is 1.76. The van der Waals surface area contributed by atoms with E-state index in [1.165, 1.54) is 0 Å². The number of oxazole rings is 1. The number of benzene rings is 2. The molecule has 1 aromatic heterocycles. The first-order chi connectivity index (χ1) is 8.81. The molecule has 0 aliphatic rings. The Morgan fingerprint density at radius 1 is 1.00 bits per heavy atom. The summed E-state index contributed by atoms with van der Waals surface area (Å²) in [6.07, 6.45) is 0. The molecule has 0 bridgehead atoms. The van der Waals surface area contributed by atoms with Gasteiger partial charge in [-0.25, -0.2) is 4.98 Å². The van der Waals surface area contributed by atoms with Gasteiger partial charge in [-0.2, -0.15) is 0 Å². The Morgan fingerprint density at radius 3 is 2.67 bits per heavy atom. The molecule has 2 nitrogen and oxygen atoms in total. The van der Waals surface area contributed by atoms with Gasteiger partial charge in [0.25, 0.3) is 5.89 Å². The normalized spacial score (nSPS) is 10.1. The van der Waals surface area contributed by atoms with Crippen LogP contribution in [0.1, 0.15) is 11.5 Å². The molecule has 0 saturated heterocycles. The van der Waals surface area contributed by atoms with Crippen molar-refractivity contribution >= 4 is 22.7 Å². The summed E-state index contributed by atoms with van der Waals surface area (Å²) in [7, 11) is 0. The predicted octanol–water partition coefficient (Wildman–Crippen LogP) is 3.88. The van der Waals surface area contributed by atoms with Crippen LogP contribution in [0.3, 0.4) is 0 Å². The second-order valence-electron chi connectivity index (χ2n) is 3.75. The van der Waals surface area contributed by atoms with Crippen molar-refractivity contribution in [3.63, 3.8) is 0 Å². The molecule has 0 spiro atoms. The molecule has 1 heterocycles. The highest BCUT2D eigenvalue weighted by atomic mass is 35.5. The van der Waals surface area contributed by atoms with Crippen molar-refractivity contribution in [2.75, 3.05) is 0 Å². The van der Waals surface area contributed by atoms with E-state index in [-0.39, 0.29) is 0 Å². The lowest BCUT2D eigenvalue weighted by Gasteiger charge is -1.85. The van der Waals surface area contributed by atoms with Crippen molar-refractivity contribution < 1.29 is 4.42 Å². The van der Waals surface area contributed by atoms with E-state index >= 15 is 0 Å². The number of fused-ring (bicyclic) bond motifs is 1. The molecule has 0 amide bonds. The third-order valence-corrected chi connectivity index (χ3v) is 2.67. The summed E-state index contributed by atoms with van der Waals surface area (Å²) >= 11 is 5.88. The van der Waals surface area contributed by atoms with Crippen molar-refractivity contribution in [1.82, 2.24) is 4.98 Å². The van der Waals surface area contributed by atoms with Gasteiger partial charge in [0, 0.05) is 16.7 Å². The molecule has 0 N–H and O–H groups in total. The topological polar surface area (TPSA) is 26.0 Å². The molecule has 2 aromatic carbocycles. The van der Waals surface area contributed by atoms with Gasteiger partial charge >= 0.3 is 0 Å². The molecule has 18 heavy (non-hydrogen) atoms. The first kappa shape index (κ1) is 10.9. The summed E-state index contributed by atoms with van der Waals surface area (Å²) in [5.74, 6) is 6.30. The van der Waals surface area contributed by atoms with Crippen LogP contribution in [0.2, 0.25) is 5.02 Å². The van der Waals surface area contributed by atoms with Gasteiger partial charge in [0.1, 0.15) is 5.52 Å². The van der Waals surface area contributed by atoms with E-state index in [9.17, 15) is 0 Å². The van der Waals surface area contributed by atoms with Gasteiger partial charge in [0.2, 0.25) is 0 Å². The van der Waals surface area contributed by atoms with Gasteiger partial charge in [-0.05, 0) is 30.2 Å². The number of nitrogens with zero attached hydrogens (tertiary/aromatic N) is 1. The lowest BCUT2D eigenvalue weighted by Crippen LogP contribution is -1.74. The van der Waals surface area contributed by atoms with E-state index in [1.807, 2.05) is 36.4 Å². The van der Waals surface area contributed by atoms with E-state index < -0.39 is 0 Å². The van der Waals surface area contributed by atoms with Crippen LogP contribution in [0.4, 0.5) is 0 Å². The number of rotatable bonds is 0. The van der Waals surface area contributed by atoms with Crippen molar-refractivity contribution in [3.05, 3.63) is 65.0 Å². The SMILES string of the molecule is Clc1ccc2nc(C#Cc3ccccc3)oc2c1. The highest BCUT2D eigenvalue weighted by molar-refractivity contribution is 6.31. The Kier molecular flexibility index (Phi) is 2.76. The molecule has 3 rings (SSSR count). The quantitative estimate of drug-likeness (QED) is 0.568. The minimum Gasteiger partial charge on any atom is -0.430 e. The number of hydrogen-bond donors (Lipinski definition) is 0. The van der Waals surface area contributed by atoms with Gasteiger partial charge in [-0.15, -0.1) is 0 Å². The fourth-order valence-electron chi connectivity index (χ4n) is 1.60. The standard InChI is InChI=1S/C15H8ClNO/c16-12-7-8-13-14(10-12)18-15(17-13)9-6-11-4-2-1-3-5-11/h1-5,7-8,10H. The molecular formula is C15H8ClNO. The molecule has 0 saturated carbocycles. The third-order valence-electron chi connectivity index (χ3n) is 2.44. The van der Waals surface area contributed by atoms with Crippen LogP contribution in [0.25, 0.3) is 11.1 Å². The van der Waals surface area contributed by atoms with Crippen LogP contribution in [-0.4, -0.2) is 4.98 Å². The van der Waals surface area contributed by atoms with Crippen molar-refractivity contribution in [3.8, 4) is 11.8 Å². The van der Waals surface area contributed by atoms with Gasteiger partial charge in [0.15, 0.2) is 5.58 Å². The lowest BCUT2D eigenvalue weighted by atomic mass is 10.2. The van der Waals surface area contributed by atoms with Crippen LogP contribution in [0.15, 0.2) is 52.9 Å². The van der Waals surface area contributed by atoms with Crippen LogP contribution in [-0.2, 0) is 0 Å². The van der Waals surface area contributed by atoms with Crippen molar-refractivity contribution in [1.29, 1.82) is 0 Å². The largest absolute Gasteiger partial charge is 0.430 e. The van der Waals surface area contributed by atoms with E-state index in [0.29, 0.717) is 16.5 Å². The van der Waals surface area contributed by atoms with Crippen LogP contribution in [0, 0.1) is 11.8 Å². The zero-order valence-corrected chi connectivity index (χ0v) is 10.1. The maximum atomic E-state index is 5.88. The summed E-state index contributed by atoms with van der Waals surface area (Å²) in [5.41, 5.74) is 2.34. The summed E-state index contributed by atoms with van der Waals surface area (Å²) in [5, 5.41) is 0.626. The third kappa shape index (κ3) is 2.22. The average molecular weight is 254 g/mol. The van der Waals surface area contributed by atoms with Gasteiger partial charge in [0.05, 0.1) is 0 Å². The Hall–Kier alpha value is -2.24. The van der Waals surface area contributed by atoms with Crippen molar-refractivity contribution in [2.24, 2.45) is 0 Å². The van der Waals surface area contributed by atoms with Crippen molar-refractivity contribution in [2.45, 2.75) is 0 Å². The van der Waals surface area contributed by atoms with Crippen LogP contribution < -0.4 is 0 Å². The first-order valence-corrected chi connectivity index (χ1v) is 5.82. The highest BCUT2D eigenvalue weighted by Gasteiger charge is 2.03. The first-order valence-electron chi connectivity index (χ1n) is 5.44. The van der Waals surface area contributed by atoms with Gasteiger partial charge in [-0.1, -0.05) is 35.7 Å². The second-order valence-corrected chi connectivity index (χ2v) is 4.18. The lowest BCUT2D eigenvalue weighted by molar-refractivity contribution is 0.586. The minimum absolute atomic E-state index is 0.399. The van der Waals surface area contributed by atoms with Gasteiger partial charge in [-0.3, -0.25) is 0 Å². The molecule has 0 unspecified atom stereocenters. The highest BCUT2D eigenvalue weighted by Crippen LogP contribution is 2.19. The molecular weight excluding hydrogens is 246 g/mol. The number of hydrogen-bond acceptors (Lipinski definition) is 2. The molecule has 0 radical (unpaired) electrons. The maximum Gasteiger partial charge on any atom is 0.274 e. The Morgan fingerprint density at radius 2 is 1.83 bits per heavy atom. The maximum absolute atomic E-state index is 5.88. The molecule has 0 aliphatic carbocycles. The molecule has 3 heteroatoms.